The van der Waals surface area contributed by atoms with Crippen molar-refractivity contribution in [3.8, 4) is 5.75 Å². The van der Waals surface area contributed by atoms with Gasteiger partial charge >= 0.3 is 0 Å². The lowest BCUT2D eigenvalue weighted by atomic mass is 10.2. The number of carbonyl (C=O) groups excluding carboxylic acids is 1. The maximum absolute atomic E-state index is 12.2. The summed E-state index contributed by atoms with van der Waals surface area (Å²) >= 11 is 0. The van der Waals surface area contributed by atoms with E-state index in [2.05, 4.69) is 4.98 Å². The Labute approximate surface area is 135 Å². The number of pyridine rings is 1. The number of aromatic nitrogens is 1. The lowest BCUT2D eigenvalue weighted by Gasteiger charge is -2.17. The van der Waals surface area contributed by atoms with Crippen LogP contribution in [0.2, 0.25) is 0 Å². The van der Waals surface area contributed by atoms with E-state index in [1.54, 1.807) is 18.1 Å². The number of benzene rings is 2. The highest BCUT2D eigenvalue weighted by Gasteiger charge is 2.10. The SMILES string of the molecule is CN(Cc1ccccc1)C(=O)COc1ccc2ncccc2c1. The molecule has 1 amide bonds. The summed E-state index contributed by atoms with van der Waals surface area (Å²) in [6, 6.07) is 19.4. The van der Waals surface area contributed by atoms with Crippen molar-refractivity contribution in [1.82, 2.24) is 9.88 Å². The third-order valence-electron chi connectivity index (χ3n) is 3.63. The summed E-state index contributed by atoms with van der Waals surface area (Å²) in [5, 5.41) is 0.995. The van der Waals surface area contributed by atoms with Crippen LogP contribution in [0.1, 0.15) is 5.56 Å². The normalized spacial score (nSPS) is 10.5. The first-order chi connectivity index (χ1) is 11.2. The van der Waals surface area contributed by atoms with E-state index < -0.39 is 0 Å². The van der Waals surface area contributed by atoms with Gasteiger partial charge in [0.2, 0.25) is 0 Å². The second-order valence-corrected chi connectivity index (χ2v) is 5.38. The highest BCUT2D eigenvalue weighted by atomic mass is 16.5. The van der Waals surface area contributed by atoms with Gasteiger partial charge in [-0.25, -0.2) is 0 Å². The lowest BCUT2D eigenvalue weighted by Crippen LogP contribution is -2.30. The molecule has 3 rings (SSSR count). The van der Waals surface area contributed by atoms with E-state index in [0.717, 1.165) is 16.5 Å². The Morgan fingerprint density at radius 2 is 1.91 bits per heavy atom. The van der Waals surface area contributed by atoms with Crippen molar-refractivity contribution in [2.24, 2.45) is 0 Å². The molecule has 4 nitrogen and oxygen atoms in total. The molecule has 0 fully saturated rings. The van der Waals surface area contributed by atoms with Crippen molar-refractivity contribution < 1.29 is 9.53 Å². The molecule has 0 atom stereocenters. The topological polar surface area (TPSA) is 42.4 Å². The summed E-state index contributed by atoms with van der Waals surface area (Å²) < 4.78 is 5.62. The van der Waals surface area contributed by atoms with Crippen LogP contribution >= 0.6 is 0 Å². The highest BCUT2D eigenvalue weighted by Crippen LogP contribution is 2.18. The van der Waals surface area contributed by atoms with E-state index in [1.807, 2.05) is 60.7 Å². The second kappa shape index (κ2) is 6.92. The lowest BCUT2D eigenvalue weighted by molar-refractivity contribution is -0.132. The fourth-order valence-electron chi connectivity index (χ4n) is 2.34. The maximum atomic E-state index is 12.2. The minimum atomic E-state index is -0.0554. The maximum Gasteiger partial charge on any atom is 0.260 e. The molecule has 0 unspecified atom stereocenters. The van der Waals surface area contributed by atoms with Gasteiger partial charge < -0.3 is 9.64 Å². The Hall–Kier alpha value is -2.88. The monoisotopic (exact) mass is 306 g/mol. The number of carbonyl (C=O) groups is 1. The standard InChI is InChI=1S/C19H18N2O2/c1-21(13-15-6-3-2-4-7-15)19(22)14-23-17-9-10-18-16(12-17)8-5-11-20-18/h2-12H,13-14H2,1H3. The van der Waals surface area contributed by atoms with Crippen molar-refractivity contribution in [1.29, 1.82) is 0 Å². The van der Waals surface area contributed by atoms with Gasteiger partial charge in [0.1, 0.15) is 5.75 Å². The minimum absolute atomic E-state index is 0.0229. The molecule has 2 aromatic carbocycles. The predicted molar refractivity (Wildman–Crippen MR) is 90.2 cm³/mol. The second-order valence-electron chi connectivity index (χ2n) is 5.38. The highest BCUT2D eigenvalue weighted by molar-refractivity contribution is 5.80. The number of nitrogens with zero attached hydrogens (tertiary/aromatic N) is 2. The van der Waals surface area contributed by atoms with E-state index in [0.29, 0.717) is 12.3 Å². The molecule has 3 aromatic rings. The van der Waals surface area contributed by atoms with Crippen molar-refractivity contribution >= 4 is 16.8 Å². The van der Waals surface area contributed by atoms with Crippen LogP contribution in [0, 0.1) is 0 Å². The molecule has 0 radical (unpaired) electrons. The molecule has 0 saturated carbocycles. The number of amides is 1. The Balaban J connectivity index is 1.59. The molecule has 1 heterocycles. The third-order valence-corrected chi connectivity index (χ3v) is 3.63. The molecular weight excluding hydrogens is 288 g/mol. The van der Waals surface area contributed by atoms with E-state index in [4.69, 9.17) is 4.74 Å². The van der Waals surface area contributed by atoms with Crippen molar-refractivity contribution in [3.05, 3.63) is 72.4 Å². The molecule has 0 bridgehead atoms. The molecule has 0 saturated heterocycles. The number of hydrogen-bond donors (Lipinski definition) is 0. The molecule has 0 aliphatic rings. The summed E-state index contributed by atoms with van der Waals surface area (Å²) in [7, 11) is 1.78. The van der Waals surface area contributed by atoms with Crippen molar-refractivity contribution in [2.45, 2.75) is 6.54 Å². The first-order valence-electron chi connectivity index (χ1n) is 7.48. The average Bonchev–Trinajstić information content (AvgIpc) is 2.60. The van der Waals surface area contributed by atoms with Gasteiger partial charge in [0, 0.05) is 25.2 Å². The Kier molecular flexibility index (Phi) is 4.52. The molecule has 116 valence electrons. The fraction of sp³-hybridized carbons (Fsp3) is 0.158. The van der Waals surface area contributed by atoms with Crippen LogP contribution in [0.25, 0.3) is 10.9 Å². The minimum Gasteiger partial charge on any atom is -0.484 e. The fourth-order valence-corrected chi connectivity index (χ4v) is 2.34. The third kappa shape index (κ3) is 3.86. The molecule has 4 heteroatoms. The van der Waals surface area contributed by atoms with Crippen molar-refractivity contribution in [3.63, 3.8) is 0 Å². The first kappa shape index (κ1) is 15.0. The number of hydrogen-bond acceptors (Lipinski definition) is 3. The molecule has 23 heavy (non-hydrogen) atoms. The van der Waals surface area contributed by atoms with Crippen LogP contribution in [0.3, 0.4) is 0 Å². The zero-order chi connectivity index (χ0) is 16.1. The van der Waals surface area contributed by atoms with Gasteiger partial charge in [0.15, 0.2) is 6.61 Å². The van der Waals surface area contributed by atoms with Crippen LogP contribution in [-0.2, 0) is 11.3 Å². The first-order valence-corrected chi connectivity index (χ1v) is 7.48. The number of ether oxygens (including phenoxy) is 1. The average molecular weight is 306 g/mol. The van der Waals surface area contributed by atoms with E-state index in [9.17, 15) is 4.79 Å². The van der Waals surface area contributed by atoms with Gasteiger partial charge in [-0.2, -0.15) is 0 Å². The number of likely N-dealkylation sites (N-methyl/N-ethyl adjacent to an activating group) is 1. The summed E-state index contributed by atoms with van der Waals surface area (Å²) in [5.74, 6) is 0.618. The molecule has 0 spiro atoms. The molecular formula is C19H18N2O2. The molecule has 1 aromatic heterocycles. The quantitative estimate of drug-likeness (QED) is 0.726. The van der Waals surface area contributed by atoms with Gasteiger partial charge in [0.25, 0.3) is 5.91 Å². The van der Waals surface area contributed by atoms with Gasteiger partial charge in [0.05, 0.1) is 5.52 Å². The summed E-state index contributed by atoms with van der Waals surface area (Å²) in [6.07, 6.45) is 1.75. The van der Waals surface area contributed by atoms with E-state index >= 15 is 0 Å². The zero-order valence-corrected chi connectivity index (χ0v) is 13.0. The van der Waals surface area contributed by atoms with E-state index in [1.165, 1.54) is 0 Å². The summed E-state index contributed by atoms with van der Waals surface area (Å²) in [4.78, 5) is 18.1. The molecule has 0 N–H and O–H groups in total. The van der Waals surface area contributed by atoms with Crippen LogP contribution in [0.5, 0.6) is 5.75 Å². The van der Waals surface area contributed by atoms with Gasteiger partial charge in [-0.15, -0.1) is 0 Å². The summed E-state index contributed by atoms with van der Waals surface area (Å²) in [6.45, 7) is 0.597. The summed E-state index contributed by atoms with van der Waals surface area (Å²) in [5.41, 5.74) is 2.01. The van der Waals surface area contributed by atoms with Crippen LogP contribution in [-0.4, -0.2) is 29.4 Å². The van der Waals surface area contributed by atoms with Gasteiger partial charge in [-0.05, 0) is 29.8 Å². The van der Waals surface area contributed by atoms with Gasteiger partial charge in [-0.3, -0.25) is 9.78 Å². The predicted octanol–water partition coefficient (Wildman–Crippen LogP) is 3.27. The number of rotatable bonds is 5. The van der Waals surface area contributed by atoms with E-state index in [-0.39, 0.29) is 12.5 Å². The Bertz CT molecular complexity index is 803. The number of fused-ring (bicyclic) bond motifs is 1. The van der Waals surface area contributed by atoms with Crippen LogP contribution in [0.15, 0.2) is 66.9 Å². The Morgan fingerprint density at radius 3 is 2.74 bits per heavy atom. The Morgan fingerprint density at radius 1 is 1.09 bits per heavy atom. The van der Waals surface area contributed by atoms with Crippen molar-refractivity contribution in [2.75, 3.05) is 13.7 Å². The van der Waals surface area contributed by atoms with Crippen LogP contribution < -0.4 is 4.74 Å². The largest absolute Gasteiger partial charge is 0.484 e. The molecule has 0 aliphatic carbocycles. The smallest absolute Gasteiger partial charge is 0.260 e. The molecule has 0 aliphatic heterocycles. The van der Waals surface area contributed by atoms with Gasteiger partial charge in [-0.1, -0.05) is 36.4 Å². The zero-order valence-electron chi connectivity index (χ0n) is 13.0. The van der Waals surface area contributed by atoms with Crippen LogP contribution in [0.4, 0.5) is 0 Å².